The van der Waals surface area contributed by atoms with E-state index in [1.165, 1.54) is 0 Å². The Balaban J connectivity index is 0. The van der Waals surface area contributed by atoms with Crippen LogP contribution in [-0.4, -0.2) is 11.0 Å². The van der Waals surface area contributed by atoms with Gasteiger partial charge in [-0.2, -0.15) is 0 Å². The Morgan fingerprint density at radius 1 is 0.600 bits per heavy atom. The van der Waals surface area contributed by atoms with Crippen molar-refractivity contribution in [2.24, 2.45) is 0 Å². The molecule has 4 N–H and O–H groups in total. The van der Waals surface area contributed by atoms with E-state index in [1.54, 1.807) is 0 Å². The number of hydrogen-bond donors (Lipinski definition) is 0. The Morgan fingerprint density at radius 2 is 0.600 bits per heavy atom. The fourth-order valence-corrected chi connectivity index (χ4v) is 0. The second-order valence-electron chi connectivity index (χ2n) is 0. The van der Waals surface area contributed by atoms with E-state index >= 15 is 0 Å². The fourth-order valence-electron chi connectivity index (χ4n) is 0. The molecule has 36 valence electrons. The first kappa shape index (κ1) is 118. The molecule has 0 aromatic heterocycles. The molecule has 0 amide bonds. The van der Waals surface area contributed by atoms with Crippen molar-refractivity contribution in [3.63, 3.8) is 0 Å². The van der Waals surface area contributed by atoms with Crippen LogP contribution in [-0.2, 0) is 21.1 Å². The van der Waals surface area contributed by atoms with Crippen molar-refractivity contribution < 1.29 is 56.8 Å². The number of rotatable bonds is 0. The average molecular weight is 291 g/mol. The van der Waals surface area contributed by atoms with Gasteiger partial charge in [-0.25, -0.2) is 0 Å². The summed E-state index contributed by atoms with van der Waals surface area (Å²) in [7, 11) is 0. The van der Waals surface area contributed by atoms with Gasteiger partial charge in [0, 0.05) is 0 Å². The standard InChI is InChI=1S/2ClH.2H2O.W/h2*1H;2*1H2;/q;;;;+2/p-2. The van der Waals surface area contributed by atoms with Crippen LogP contribution in [0, 0.1) is 0 Å². The van der Waals surface area contributed by atoms with Crippen molar-refractivity contribution in [3.8, 4) is 0 Å². The molecule has 0 bridgehead atoms. The van der Waals surface area contributed by atoms with Gasteiger partial charge in [0.2, 0.25) is 0 Å². The van der Waals surface area contributed by atoms with E-state index in [9.17, 15) is 0 Å². The monoisotopic (exact) mass is 290 g/mol. The average Bonchev–Trinajstić information content (AvgIpc) is 0. The molecule has 0 aromatic rings. The Hall–Kier alpha value is 1.19. The zero-order chi connectivity index (χ0) is 0. The molecule has 0 radical (unpaired) electrons. The number of hydrogen-bond acceptors (Lipinski definition) is 0. The minimum Gasteiger partial charge on any atom is -1.00 e. The van der Waals surface area contributed by atoms with Gasteiger partial charge >= 0.3 is 21.1 Å². The van der Waals surface area contributed by atoms with E-state index in [4.69, 9.17) is 0 Å². The van der Waals surface area contributed by atoms with Gasteiger partial charge in [-0.1, -0.05) is 0 Å². The van der Waals surface area contributed by atoms with Gasteiger partial charge < -0.3 is 35.8 Å². The van der Waals surface area contributed by atoms with Gasteiger partial charge in [0.15, 0.2) is 0 Å². The summed E-state index contributed by atoms with van der Waals surface area (Å²) in [4.78, 5) is 0. The maximum absolute atomic E-state index is 0. The van der Waals surface area contributed by atoms with Gasteiger partial charge in [0.05, 0.1) is 0 Å². The molecule has 5 heteroatoms. The third-order valence-electron chi connectivity index (χ3n) is 0. The molecule has 0 unspecified atom stereocenters. The van der Waals surface area contributed by atoms with E-state index in [-0.39, 0.29) is 56.8 Å². The second kappa shape index (κ2) is 64.5. The molecule has 0 saturated heterocycles. The Bertz CT molecular complexity index is 7.61. The molecule has 0 heterocycles. The van der Waals surface area contributed by atoms with Crippen molar-refractivity contribution >= 4 is 0 Å². The van der Waals surface area contributed by atoms with E-state index in [1.807, 2.05) is 0 Å². The zero-order valence-corrected chi connectivity index (χ0v) is 6.61. The molecule has 0 aliphatic heterocycles. The summed E-state index contributed by atoms with van der Waals surface area (Å²) in [5, 5.41) is 0. The summed E-state index contributed by atoms with van der Waals surface area (Å²) >= 11 is 0. The Kier molecular flexibility index (Phi) is 1520. The maximum atomic E-state index is 0. The molecule has 0 rings (SSSR count). The number of halogens is 2. The Labute approximate surface area is 57.0 Å². The summed E-state index contributed by atoms with van der Waals surface area (Å²) in [6.45, 7) is 0. The first-order valence-corrected chi connectivity index (χ1v) is 0. The van der Waals surface area contributed by atoms with Gasteiger partial charge in [-0.15, -0.1) is 0 Å². The van der Waals surface area contributed by atoms with Crippen LogP contribution < -0.4 is 24.8 Å². The van der Waals surface area contributed by atoms with Crippen LogP contribution in [0.5, 0.6) is 0 Å². The minimum absolute atomic E-state index is 0. The summed E-state index contributed by atoms with van der Waals surface area (Å²) in [5.74, 6) is 0. The fraction of sp³-hybridized carbons (Fsp3) is 0. The quantitative estimate of drug-likeness (QED) is 0.426. The molecule has 0 aliphatic carbocycles. The van der Waals surface area contributed by atoms with E-state index in [0.29, 0.717) is 0 Å². The van der Waals surface area contributed by atoms with Crippen molar-refractivity contribution in [2.45, 2.75) is 0 Å². The molecular formula is H4Cl2O2W. The van der Waals surface area contributed by atoms with Gasteiger partial charge in [-0.3, -0.25) is 0 Å². The summed E-state index contributed by atoms with van der Waals surface area (Å²) in [6, 6.07) is 0. The summed E-state index contributed by atoms with van der Waals surface area (Å²) in [6.07, 6.45) is 0. The van der Waals surface area contributed by atoms with E-state index in [2.05, 4.69) is 0 Å². The van der Waals surface area contributed by atoms with Crippen molar-refractivity contribution in [3.05, 3.63) is 0 Å². The third-order valence-corrected chi connectivity index (χ3v) is 0. The SMILES string of the molecule is O.O.[Cl-].[Cl-].[W+2]. The van der Waals surface area contributed by atoms with Crippen molar-refractivity contribution in [2.75, 3.05) is 0 Å². The van der Waals surface area contributed by atoms with Gasteiger partial charge in [0.1, 0.15) is 0 Å². The smallest absolute Gasteiger partial charge is 1.00 e. The molecule has 2 nitrogen and oxygen atoms in total. The first-order chi connectivity index (χ1) is 0. The zero-order valence-electron chi connectivity index (χ0n) is 2.16. The van der Waals surface area contributed by atoms with Crippen molar-refractivity contribution in [1.82, 2.24) is 0 Å². The van der Waals surface area contributed by atoms with Crippen LogP contribution in [0.1, 0.15) is 0 Å². The largest absolute Gasteiger partial charge is 2.00 e. The van der Waals surface area contributed by atoms with E-state index in [0.717, 1.165) is 0 Å². The van der Waals surface area contributed by atoms with Crippen LogP contribution in [0.3, 0.4) is 0 Å². The normalized spacial score (nSPS) is 0. The molecule has 0 aliphatic rings. The maximum Gasteiger partial charge on any atom is 2.00 e. The minimum atomic E-state index is 0. The van der Waals surface area contributed by atoms with Gasteiger partial charge in [0.25, 0.3) is 0 Å². The molecule has 0 aromatic carbocycles. The molecule has 0 saturated carbocycles. The summed E-state index contributed by atoms with van der Waals surface area (Å²) < 4.78 is 0. The predicted octanol–water partition coefficient (Wildman–Crippen LogP) is -7.64. The topological polar surface area (TPSA) is 63.0 Å². The molecule has 0 spiro atoms. The predicted molar refractivity (Wildman–Crippen MR) is 7.23 cm³/mol. The van der Waals surface area contributed by atoms with Crippen LogP contribution in [0.25, 0.3) is 0 Å². The van der Waals surface area contributed by atoms with Crippen LogP contribution in [0.2, 0.25) is 0 Å². The van der Waals surface area contributed by atoms with Gasteiger partial charge in [-0.05, 0) is 0 Å². The molecular weight excluding hydrogens is 287 g/mol. The molecule has 0 atom stereocenters. The molecule has 0 fully saturated rings. The third kappa shape index (κ3) is 37.3. The van der Waals surface area contributed by atoms with Crippen LogP contribution in [0.15, 0.2) is 0 Å². The van der Waals surface area contributed by atoms with Crippen LogP contribution in [0.4, 0.5) is 0 Å². The van der Waals surface area contributed by atoms with Crippen LogP contribution >= 0.6 is 0 Å². The summed E-state index contributed by atoms with van der Waals surface area (Å²) in [5.41, 5.74) is 0. The first-order valence-electron chi connectivity index (χ1n) is 0. The van der Waals surface area contributed by atoms with Crippen molar-refractivity contribution in [1.29, 1.82) is 0 Å². The second-order valence-corrected chi connectivity index (χ2v) is 0. The molecule has 5 heavy (non-hydrogen) atoms. The van der Waals surface area contributed by atoms with E-state index < -0.39 is 0 Å². The Morgan fingerprint density at radius 3 is 0.600 bits per heavy atom.